The molecule has 6 nitrogen and oxygen atoms in total. The maximum Gasteiger partial charge on any atom is 0.261 e. The van der Waals surface area contributed by atoms with E-state index in [4.69, 9.17) is 5.73 Å². The lowest BCUT2D eigenvalue weighted by atomic mass is 10.1. The molecule has 21 heavy (non-hydrogen) atoms. The fraction of sp³-hybridized carbons (Fsp3) is 0.533. The molecule has 1 heterocycles. The van der Waals surface area contributed by atoms with E-state index in [1.165, 1.54) is 18.2 Å². The number of nitrogens with zero attached hydrogens (tertiary/aromatic N) is 2. The second-order valence-corrected chi connectivity index (χ2v) is 5.30. The molecule has 0 spiro atoms. The number of phenols is 2. The summed E-state index contributed by atoms with van der Waals surface area (Å²) in [6.07, 6.45) is 1.83. The second kappa shape index (κ2) is 7.28. The summed E-state index contributed by atoms with van der Waals surface area (Å²) in [6.45, 7) is 4.57. The van der Waals surface area contributed by atoms with Gasteiger partial charge in [-0.2, -0.15) is 0 Å². The third-order valence-corrected chi connectivity index (χ3v) is 3.79. The zero-order valence-corrected chi connectivity index (χ0v) is 12.2. The van der Waals surface area contributed by atoms with E-state index in [9.17, 15) is 15.0 Å². The molecular formula is C15H23N3O3. The molecule has 4 N–H and O–H groups in total. The van der Waals surface area contributed by atoms with E-state index in [1.807, 2.05) is 0 Å². The number of carbonyl (C=O) groups is 1. The Balaban J connectivity index is 2.03. The summed E-state index contributed by atoms with van der Waals surface area (Å²) in [6, 6.07) is 4.34. The number of phenolic OH excluding ortho intramolecular Hbond substituents is 2. The number of aromatic hydroxyl groups is 2. The average molecular weight is 293 g/mol. The van der Waals surface area contributed by atoms with Crippen molar-refractivity contribution in [3.8, 4) is 11.5 Å². The Hall–Kier alpha value is -1.79. The number of benzene rings is 1. The molecule has 6 heteroatoms. The molecule has 0 aromatic heterocycles. The van der Waals surface area contributed by atoms with Crippen molar-refractivity contribution in [2.24, 2.45) is 5.73 Å². The van der Waals surface area contributed by atoms with Gasteiger partial charge in [0.1, 0.15) is 17.1 Å². The highest BCUT2D eigenvalue weighted by Gasteiger charge is 2.24. The van der Waals surface area contributed by atoms with E-state index in [0.717, 1.165) is 32.5 Å². The maximum absolute atomic E-state index is 12.5. The number of amides is 1. The van der Waals surface area contributed by atoms with Crippen molar-refractivity contribution in [2.75, 3.05) is 39.3 Å². The molecular weight excluding hydrogens is 270 g/mol. The molecule has 1 fully saturated rings. The normalized spacial score (nSPS) is 16.7. The maximum atomic E-state index is 12.5. The van der Waals surface area contributed by atoms with E-state index < -0.39 is 0 Å². The lowest BCUT2D eigenvalue weighted by molar-refractivity contribution is 0.0755. The van der Waals surface area contributed by atoms with Crippen molar-refractivity contribution in [3.63, 3.8) is 0 Å². The van der Waals surface area contributed by atoms with Gasteiger partial charge in [0.15, 0.2) is 0 Å². The lowest BCUT2D eigenvalue weighted by Crippen LogP contribution is -2.35. The van der Waals surface area contributed by atoms with Crippen LogP contribution in [0, 0.1) is 0 Å². The molecule has 0 atom stereocenters. The smallest absolute Gasteiger partial charge is 0.261 e. The number of hydrogen-bond acceptors (Lipinski definition) is 5. The number of rotatable bonds is 4. The molecule has 1 aromatic rings. The minimum atomic E-state index is -0.314. The molecule has 0 bridgehead atoms. The van der Waals surface area contributed by atoms with Crippen LogP contribution in [-0.4, -0.2) is 65.2 Å². The zero-order chi connectivity index (χ0) is 15.2. The summed E-state index contributed by atoms with van der Waals surface area (Å²) in [5.74, 6) is -0.667. The average Bonchev–Trinajstić information content (AvgIpc) is 2.70. The van der Waals surface area contributed by atoms with E-state index in [0.29, 0.717) is 19.6 Å². The van der Waals surface area contributed by atoms with Gasteiger partial charge in [0.05, 0.1) is 0 Å². The second-order valence-electron chi connectivity index (χ2n) is 5.30. The predicted molar refractivity (Wildman–Crippen MR) is 80.4 cm³/mol. The molecule has 2 rings (SSSR count). The van der Waals surface area contributed by atoms with Gasteiger partial charge in [-0.15, -0.1) is 0 Å². The third kappa shape index (κ3) is 3.86. The number of carbonyl (C=O) groups excluding carboxylic acids is 1. The van der Waals surface area contributed by atoms with E-state index in [2.05, 4.69) is 4.90 Å². The number of nitrogens with two attached hydrogens (primary N) is 1. The zero-order valence-electron chi connectivity index (χ0n) is 12.2. The van der Waals surface area contributed by atoms with Gasteiger partial charge in [-0.3, -0.25) is 4.79 Å². The summed E-state index contributed by atoms with van der Waals surface area (Å²) in [5.41, 5.74) is 5.52. The monoisotopic (exact) mass is 293 g/mol. The summed E-state index contributed by atoms with van der Waals surface area (Å²) in [7, 11) is 0. The highest BCUT2D eigenvalue weighted by Crippen LogP contribution is 2.28. The Morgan fingerprint density at radius 2 is 1.86 bits per heavy atom. The topological polar surface area (TPSA) is 90.0 Å². The van der Waals surface area contributed by atoms with Crippen LogP contribution in [0.4, 0.5) is 0 Å². The summed E-state index contributed by atoms with van der Waals surface area (Å²) in [4.78, 5) is 16.5. The van der Waals surface area contributed by atoms with Crippen LogP contribution in [0.25, 0.3) is 0 Å². The van der Waals surface area contributed by atoms with Crippen LogP contribution in [0.5, 0.6) is 11.5 Å². The van der Waals surface area contributed by atoms with Gasteiger partial charge in [0.2, 0.25) is 0 Å². The fourth-order valence-electron chi connectivity index (χ4n) is 2.62. The van der Waals surface area contributed by atoms with Gasteiger partial charge in [-0.25, -0.2) is 0 Å². The first kappa shape index (κ1) is 15.6. The summed E-state index contributed by atoms with van der Waals surface area (Å²) >= 11 is 0. The van der Waals surface area contributed by atoms with Crippen LogP contribution < -0.4 is 5.73 Å². The van der Waals surface area contributed by atoms with Gasteiger partial charge in [-0.1, -0.05) is 6.07 Å². The molecule has 0 saturated carbocycles. The molecule has 0 radical (unpaired) electrons. The fourth-order valence-corrected chi connectivity index (χ4v) is 2.62. The first-order valence-corrected chi connectivity index (χ1v) is 7.36. The largest absolute Gasteiger partial charge is 0.507 e. The first-order valence-electron chi connectivity index (χ1n) is 7.36. The van der Waals surface area contributed by atoms with Crippen molar-refractivity contribution in [1.29, 1.82) is 0 Å². The van der Waals surface area contributed by atoms with Crippen LogP contribution in [0.2, 0.25) is 0 Å². The molecule has 1 aliphatic rings. The number of hydrogen-bond donors (Lipinski definition) is 3. The molecule has 0 unspecified atom stereocenters. The first-order chi connectivity index (χ1) is 10.1. The Labute approximate surface area is 124 Å². The van der Waals surface area contributed by atoms with Gasteiger partial charge >= 0.3 is 0 Å². The van der Waals surface area contributed by atoms with E-state index in [1.54, 1.807) is 4.90 Å². The van der Waals surface area contributed by atoms with Crippen molar-refractivity contribution in [3.05, 3.63) is 23.8 Å². The molecule has 1 aliphatic heterocycles. The van der Waals surface area contributed by atoms with Crippen LogP contribution in [0.15, 0.2) is 18.2 Å². The van der Waals surface area contributed by atoms with Crippen molar-refractivity contribution in [2.45, 2.75) is 12.8 Å². The Kier molecular flexibility index (Phi) is 5.41. The van der Waals surface area contributed by atoms with Gasteiger partial charge in [0.25, 0.3) is 5.91 Å². The molecule has 0 aliphatic carbocycles. The minimum absolute atomic E-state index is 0.00657. The minimum Gasteiger partial charge on any atom is -0.507 e. The molecule has 1 aromatic carbocycles. The van der Waals surface area contributed by atoms with Gasteiger partial charge in [0, 0.05) is 19.6 Å². The highest BCUT2D eigenvalue weighted by atomic mass is 16.3. The SMILES string of the molecule is NCCCN1CCCN(C(=O)c2c(O)cccc2O)CC1. The van der Waals surface area contributed by atoms with Crippen LogP contribution >= 0.6 is 0 Å². The standard InChI is InChI=1S/C15H23N3O3/c16-6-2-7-17-8-3-9-18(11-10-17)15(21)14-12(19)4-1-5-13(14)20/h1,4-5,19-20H,2-3,6-11,16H2. The van der Waals surface area contributed by atoms with Gasteiger partial charge in [-0.05, 0) is 44.6 Å². The van der Waals surface area contributed by atoms with E-state index >= 15 is 0 Å². The van der Waals surface area contributed by atoms with Crippen LogP contribution in [0.1, 0.15) is 23.2 Å². The highest BCUT2D eigenvalue weighted by molar-refractivity contribution is 5.99. The van der Waals surface area contributed by atoms with E-state index in [-0.39, 0.29) is 23.0 Å². The molecule has 116 valence electrons. The predicted octanol–water partition coefficient (Wildman–Crippen LogP) is 0.594. The van der Waals surface area contributed by atoms with Crippen molar-refractivity contribution < 1.29 is 15.0 Å². The Bertz CT molecular complexity index is 473. The Morgan fingerprint density at radius 3 is 2.52 bits per heavy atom. The van der Waals surface area contributed by atoms with Gasteiger partial charge < -0.3 is 25.7 Å². The van der Waals surface area contributed by atoms with Crippen molar-refractivity contribution in [1.82, 2.24) is 9.80 Å². The van der Waals surface area contributed by atoms with Crippen LogP contribution in [-0.2, 0) is 0 Å². The third-order valence-electron chi connectivity index (χ3n) is 3.79. The molecule has 1 amide bonds. The van der Waals surface area contributed by atoms with Crippen LogP contribution in [0.3, 0.4) is 0 Å². The summed E-state index contributed by atoms with van der Waals surface area (Å²) in [5, 5.41) is 19.6. The van der Waals surface area contributed by atoms with Crippen molar-refractivity contribution >= 4 is 5.91 Å². The Morgan fingerprint density at radius 1 is 1.14 bits per heavy atom. The summed E-state index contributed by atoms with van der Waals surface area (Å²) < 4.78 is 0. The quantitative estimate of drug-likeness (QED) is 0.756. The molecule has 1 saturated heterocycles. The lowest BCUT2D eigenvalue weighted by Gasteiger charge is -2.22.